The van der Waals surface area contributed by atoms with Crippen LogP contribution in [-0.2, 0) is 10.8 Å². The van der Waals surface area contributed by atoms with Crippen LogP contribution in [0.5, 0.6) is 0 Å². The Kier molecular flexibility index (Phi) is 8.05. The van der Waals surface area contributed by atoms with E-state index >= 15 is 0 Å². The third-order valence-electron chi connectivity index (χ3n) is 13.4. The van der Waals surface area contributed by atoms with E-state index in [1.165, 1.54) is 77.5 Å². The zero-order chi connectivity index (χ0) is 40.4. The van der Waals surface area contributed by atoms with Gasteiger partial charge in [-0.1, -0.05) is 218 Å². The maximum absolute atomic E-state index is 2.51. The maximum atomic E-state index is 2.51. The van der Waals surface area contributed by atoms with Gasteiger partial charge in [-0.25, -0.2) is 0 Å². The SMILES string of the molecule is c1ccc(-c2ccc(N(c3ccc4c(c3)C3(c5ccccc5-4)c4ccccc4C(c4ccccc4)(c4ccccc4)c4ccccc43)c3cccc4ccccc34)cc2)cc1. The lowest BCUT2D eigenvalue weighted by atomic mass is 9.51. The molecule has 1 heteroatoms. The fraction of sp³-hybridized carbons (Fsp3) is 0.0333. The highest BCUT2D eigenvalue weighted by Gasteiger charge is 2.56. The van der Waals surface area contributed by atoms with Gasteiger partial charge in [0.15, 0.2) is 0 Å². The van der Waals surface area contributed by atoms with Crippen LogP contribution in [0.25, 0.3) is 33.0 Å². The number of rotatable bonds is 6. The largest absolute Gasteiger partial charge is 0.310 e. The summed E-state index contributed by atoms with van der Waals surface area (Å²) in [5.41, 5.74) is 17.6. The highest BCUT2D eigenvalue weighted by atomic mass is 15.1. The summed E-state index contributed by atoms with van der Waals surface area (Å²) in [5, 5.41) is 2.42. The standard InChI is InChI=1S/C60H41N/c1-4-19-42(20-5-1)43-35-37-47(38-36-43)61(58-34-18-22-44-21-10-11-27-49(44)58)48-39-40-51-50-28-12-13-29-52(50)60(57(51)41-48)55-32-16-14-30-53(55)59(45-23-6-2-7-24-45,46-25-8-3-9-26-46)54-31-15-17-33-56(54)60/h1-41H. The van der Waals surface area contributed by atoms with Crippen LogP contribution in [0.2, 0.25) is 0 Å². The van der Waals surface area contributed by atoms with Crippen LogP contribution >= 0.6 is 0 Å². The Morgan fingerprint density at radius 1 is 0.279 bits per heavy atom. The van der Waals surface area contributed by atoms with Crippen molar-refractivity contribution in [2.45, 2.75) is 10.8 Å². The van der Waals surface area contributed by atoms with Crippen LogP contribution in [-0.4, -0.2) is 0 Å². The molecule has 2 aliphatic carbocycles. The predicted molar refractivity (Wildman–Crippen MR) is 253 cm³/mol. The smallest absolute Gasteiger partial charge is 0.0720 e. The van der Waals surface area contributed by atoms with E-state index < -0.39 is 10.8 Å². The van der Waals surface area contributed by atoms with Crippen molar-refractivity contribution in [3.8, 4) is 22.3 Å². The molecule has 12 rings (SSSR count). The van der Waals surface area contributed by atoms with Gasteiger partial charge in [0.1, 0.15) is 0 Å². The van der Waals surface area contributed by atoms with E-state index in [1.54, 1.807) is 0 Å². The normalized spacial score (nSPS) is 13.8. The van der Waals surface area contributed by atoms with Gasteiger partial charge in [0.05, 0.1) is 16.5 Å². The van der Waals surface area contributed by atoms with Crippen molar-refractivity contribution in [3.05, 3.63) is 293 Å². The highest BCUT2D eigenvalue weighted by molar-refractivity contribution is 6.00. The lowest BCUT2D eigenvalue weighted by Crippen LogP contribution is -2.44. The molecule has 0 aliphatic heterocycles. The third kappa shape index (κ3) is 5.08. The second-order valence-corrected chi connectivity index (χ2v) is 16.3. The average Bonchev–Trinajstić information content (AvgIpc) is 3.63. The van der Waals surface area contributed by atoms with Gasteiger partial charge in [-0.2, -0.15) is 0 Å². The molecule has 0 saturated heterocycles. The van der Waals surface area contributed by atoms with E-state index in [4.69, 9.17) is 0 Å². The van der Waals surface area contributed by atoms with Crippen molar-refractivity contribution >= 4 is 27.8 Å². The van der Waals surface area contributed by atoms with Gasteiger partial charge in [0, 0.05) is 16.8 Å². The first-order chi connectivity index (χ1) is 30.3. The van der Waals surface area contributed by atoms with E-state index in [1.807, 2.05) is 0 Å². The molecule has 0 N–H and O–H groups in total. The molecule has 0 atom stereocenters. The molecule has 0 aromatic heterocycles. The first-order valence-corrected chi connectivity index (χ1v) is 21.3. The molecular weight excluding hydrogens is 735 g/mol. The zero-order valence-electron chi connectivity index (χ0n) is 33.6. The quantitative estimate of drug-likeness (QED) is 0.163. The number of nitrogens with zero attached hydrogens (tertiary/aromatic N) is 1. The minimum atomic E-state index is -0.593. The average molecular weight is 776 g/mol. The summed E-state index contributed by atoms with van der Waals surface area (Å²) in [7, 11) is 0. The van der Waals surface area contributed by atoms with Gasteiger partial charge < -0.3 is 4.90 Å². The second kappa shape index (κ2) is 13.9. The highest BCUT2D eigenvalue weighted by Crippen LogP contribution is 2.65. The molecule has 2 aliphatic rings. The van der Waals surface area contributed by atoms with Crippen molar-refractivity contribution in [1.82, 2.24) is 0 Å². The Hall–Kier alpha value is -7.74. The van der Waals surface area contributed by atoms with Crippen LogP contribution in [0.3, 0.4) is 0 Å². The van der Waals surface area contributed by atoms with Gasteiger partial charge in [0.2, 0.25) is 0 Å². The molecule has 0 unspecified atom stereocenters. The molecule has 1 spiro atoms. The third-order valence-corrected chi connectivity index (χ3v) is 13.4. The van der Waals surface area contributed by atoms with Gasteiger partial charge in [0.25, 0.3) is 0 Å². The molecule has 0 radical (unpaired) electrons. The molecule has 10 aromatic carbocycles. The fourth-order valence-electron chi connectivity index (χ4n) is 11.0. The number of hydrogen-bond acceptors (Lipinski definition) is 1. The Bertz CT molecular complexity index is 3140. The molecular formula is C60H41N. The van der Waals surface area contributed by atoms with E-state index in [9.17, 15) is 0 Å². The first kappa shape index (κ1) is 35.2. The van der Waals surface area contributed by atoms with E-state index in [2.05, 4.69) is 254 Å². The van der Waals surface area contributed by atoms with E-state index in [-0.39, 0.29) is 0 Å². The topological polar surface area (TPSA) is 3.24 Å². The molecule has 61 heavy (non-hydrogen) atoms. The molecule has 286 valence electrons. The molecule has 1 nitrogen and oxygen atoms in total. The van der Waals surface area contributed by atoms with Crippen LogP contribution < -0.4 is 4.90 Å². The van der Waals surface area contributed by atoms with Crippen LogP contribution in [0.1, 0.15) is 44.5 Å². The number of hydrogen-bond donors (Lipinski definition) is 0. The lowest BCUT2D eigenvalue weighted by molar-refractivity contribution is 0.623. The van der Waals surface area contributed by atoms with Crippen LogP contribution in [0, 0.1) is 0 Å². The summed E-state index contributed by atoms with van der Waals surface area (Å²) in [4.78, 5) is 2.47. The Morgan fingerprint density at radius 3 is 1.38 bits per heavy atom. The fourth-order valence-corrected chi connectivity index (χ4v) is 11.0. The molecule has 0 saturated carbocycles. The molecule has 0 amide bonds. The zero-order valence-corrected chi connectivity index (χ0v) is 33.6. The van der Waals surface area contributed by atoms with Crippen molar-refractivity contribution < 1.29 is 0 Å². The van der Waals surface area contributed by atoms with Crippen LogP contribution in [0.4, 0.5) is 17.1 Å². The summed E-state index contributed by atoms with van der Waals surface area (Å²) in [6.45, 7) is 0. The molecule has 0 fully saturated rings. The summed E-state index contributed by atoms with van der Waals surface area (Å²) in [6.07, 6.45) is 0. The summed E-state index contributed by atoms with van der Waals surface area (Å²) >= 11 is 0. The Labute approximate surface area is 357 Å². The van der Waals surface area contributed by atoms with E-state index in [0.717, 1.165) is 17.1 Å². The molecule has 10 aromatic rings. The van der Waals surface area contributed by atoms with Crippen molar-refractivity contribution in [1.29, 1.82) is 0 Å². The van der Waals surface area contributed by atoms with Gasteiger partial charge in [-0.3, -0.25) is 0 Å². The number of fused-ring (bicyclic) bond motifs is 10. The van der Waals surface area contributed by atoms with Gasteiger partial charge in [-0.15, -0.1) is 0 Å². The van der Waals surface area contributed by atoms with Crippen molar-refractivity contribution in [3.63, 3.8) is 0 Å². The first-order valence-electron chi connectivity index (χ1n) is 21.3. The Balaban J connectivity index is 1.16. The van der Waals surface area contributed by atoms with E-state index in [0.29, 0.717) is 0 Å². The van der Waals surface area contributed by atoms with Crippen molar-refractivity contribution in [2.24, 2.45) is 0 Å². The monoisotopic (exact) mass is 775 g/mol. The van der Waals surface area contributed by atoms with Gasteiger partial charge >= 0.3 is 0 Å². The maximum Gasteiger partial charge on any atom is 0.0720 e. The van der Waals surface area contributed by atoms with Gasteiger partial charge in [-0.05, 0) is 102 Å². The minimum absolute atomic E-state index is 0.550. The summed E-state index contributed by atoms with van der Waals surface area (Å²) in [6, 6.07) is 92.4. The Morgan fingerprint density at radius 2 is 0.738 bits per heavy atom. The number of benzene rings is 10. The molecule has 0 heterocycles. The summed E-state index contributed by atoms with van der Waals surface area (Å²) < 4.78 is 0. The van der Waals surface area contributed by atoms with Crippen molar-refractivity contribution in [2.75, 3.05) is 4.90 Å². The predicted octanol–water partition coefficient (Wildman–Crippen LogP) is 15.0. The molecule has 0 bridgehead atoms. The second-order valence-electron chi connectivity index (χ2n) is 16.3. The summed E-state index contributed by atoms with van der Waals surface area (Å²) in [5.74, 6) is 0. The number of anilines is 3. The van der Waals surface area contributed by atoms with Crippen LogP contribution in [0.15, 0.2) is 249 Å². The minimum Gasteiger partial charge on any atom is -0.310 e. The lowest BCUT2D eigenvalue weighted by Gasteiger charge is -2.50.